The maximum atomic E-state index is 13.7. The Morgan fingerprint density at radius 2 is 1.84 bits per heavy atom. The summed E-state index contributed by atoms with van der Waals surface area (Å²) in [5.41, 5.74) is 2.48. The van der Waals surface area contributed by atoms with Crippen LogP contribution in [0.25, 0.3) is 10.9 Å². The number of carbonyl (C=O) groups is 6. The van der Waals surface area contributed by atoms with E-state index in [2.05, 4.69) is 36.1 Å². The summed E-state index contributed by atoms with van der Waals surface area (Å²) in [6.07, 6.45) is 6.56. The number of carbonyl (C=O) groups excluding carboxylic acids is 6. The van der Waals surface area contributed by atoms with Crippen LogP contribution in [0.2, 0.25) is 5.02 Å². The Morgan fingerprint density at radius 1 is 1.03 bits per heavy atom. The van der Waals surface area contributed by atoms with Crippen molar-refractivity contribution in [2.45, 2.75) is 50.6 Å². The van der Waals surface area contributed by atoms with Crippen molar-refractivity contribution in [2.75, 3.05) is 43.9 Å². The first-order chi connectivity index (χ1) is 28.0. The van der Waals surface area contributed by atoms with Crippen molar-refractivity contribution >= 4 is 75.0 Å². The lowest BCUT2D eigenvalue weighted by Gasteiger charge is -2.31. The normalized spacial score (nSPS) is 17.4. The van der Waals surface area contributed by atoms with Crippen LogP contribution in [0.5, 0.6) is 5.75 Å². The minimum atomic E-state index is -1.06. The molecule has 17 heteroatoms. The van der Waals surface area contributed by atoms with E-state index >= 15 is 0 Å². The van der Waals surface area contributed by atoms with Crippen molar-refractivity contribution in [3.05, 3.63) is 94.5 Å². The van der Waals surface area contributed by atoms with Gasteiger partial charge in [0.1, 0.15) is 29.8 Å². The number of likely N-dealkylation sites (tertiary alicyclic amines) is 1. The Hall–Kier alpha value is -6.26. The third kappa shape index (κ3) is 8.82. The number of rotatable bonds is 14. The molecule has 3 aliphatic rings. The van der Waals surface area contributed by atoms with Gasteiger partial charge in [0.2, 0.25) is 17.7 Å². The second kappa shape index (κ2) is 17.5. The molecule has 58 heavy (non-hydrogen) atoms. The fraction of sp³-hybridized carbons (Fsp3) is 0.317. The monoisotopic (exact) mass is 810 g/mol. The van der Waals surface area contributed by atoms with E-state index in [-0.39, 0.29) is 66.1 Å². The number of methoxy groups -OCH3 is 1. The highest BCUT2D eigenvalue weighted by Crippen LogP contribution is 2.33. The van der Waals surface area contributed by atoms with Crippen molar-refractivity contribution < 1.29 is 37.9 Å². The fourth-order valence-corrected chi connectivity index (χ4v) is 7.56. The zero-order valence-corrected chi connectivity index (χ0v) is 32.2. The molecule has 4 aromatic rings. The van der Waals surface area contributed by atoms with Crippen molar-refractivity contribution in [1.82, 2.24) is 30.4 Å². The van der Waals surface area contributed by atoms with Crippen molar-refractivity contribution in [3.63, 3.8) is 0 Å². The molecule has 300 valence electrons. The molecule has 7 rings (SSSR count). The minimum absolute atomic E-state index is 0.0135. The van der Waals surface area contributed by atoms with E-state index in [4.69, 9.17) is 16.3 Å². The van der Waals surface area contributed by atoms with Gasteiger partial charge >= 0.3 is 0 Å². The van der Waals surface area contributed by atoms with Gasteiger partial charge in [-0.3, -0.25) is 43.9 Å². The Balaban J connectivity index is 0.859. The topological polar surface area (TPSA) is 192 Å². The lowest BCUT2D eigenvalue weighted by molar-refractivity contribution is -0.136. The number of imide groups is 2. The summed E-state index contributed by atoms with van der Waals surface area (Å²) in [6.45, 7) is 2.23. The third-order valence-electron chi connectivity index (χ3n) is 10.3. The smallest absolute Gasteiger partial charge is 0.264 e. The number of ether oxygens (including phenoxy) is 1. The second-order valence-corrected chi connectivity index (χ2v) is 14.6. The van der Waals surface area contributed by atoms with E-state index in [9.17, 15) is 33.2 Å². The van der Waals surface area contributed by atoms with Gasteiger partial charge in [-0.1, -0.05) is 23.7 Å². The standard InChI is InChI=1S/C41H40ClFN8O7/c1-58-34-21-32-28(38(46-22-45-32)48-25-7-8-30(43)29(42)20-25)19-23(34)18-26(52)4-3-15-50-16-12-24(13-17-50)47-36(54)11-14-44-31-6-2-5-27-37(31)41(57)51(40(27)56)33-9-10-35(53)49-39(33)55/h2-8,19-22,24,33,44H,9-18H2,1H3,(H,47,54)(H,45,46,48)(H,49,53,55)/b4-3+. The van der Waals surface area contributed by atoms with Crippen LogP contribution in [-0.4, -0.2) is 100 Å². The van der Waals surface area contributed by atoms with E-state index in [1.54, 1.807) is 36.4 Å². The molecule has 0 bridgehead atoms. The zero-order chi connectivity index (χ0) is 40.9. The van der Waals surface area contributed by atoms with Gasteiger partial charge in [0.05, 0.1) is 28.8 Å². The molecule has 4 N–H and O–H groups in total. The number of halogens is 2. The summed E-state index contributed by atoms with van der Waals surface area (Å²) in [7, 11) is 1.53. The third-order valence-corrected chi connectivity index (χ3v) is 10.6. The van der Waals surface area contributed by atoms with E-state index in [0.29, 0.717) is 46.0 Å². The number of piperidine rings is 2. The minimum Gasteiger partial charge on any atom is -0.496 e. The average Bonchev–Trinajstić information content (AvgIpc) is 3.46. The first-order valence-electron chi connectivity index (χ1n) is 18.8. The molecule has 0 radical (unpaired) electrons. The summed E-state index contributed by atoms with van der Waals surface area (Å²) in [5.74, 6) is -2.17. The molecule has 3 aliphatic heterocycles. The van der Waals surface area contributed by atoms with Gasteiger partial charge < -0.3 is 20.7 Å². The average molecular weight is 811 g/mol. The number of aromatic nitrogens is 2. The van der Waals surface area contributed by atoms with Crippen LogP contribution in [0.1, 0.15) is 58.4 Å². The lowest BCUT2D eigenvalue weighted by Crippen LogP contribution is -2.54. The van der Waals surface area contributed by atoms with Crippen LogP contribution in [0.4, 0.5) is 21.6 Å². The van der Waals surface area contributed by atoms with Crippen LogP contribution in [0, 0.1) is 5.82 Å². The van der Waals surface area contributed by atoms with Gasteiger partial charge in [0, 0.05) is 79.9 Å². The molecule has 1 unspecified atom stereocenters. The number of anilines is 3. The number of hydrogen-bond donors (Lipinski definition) is 4. The number of amides is 5. The first-order valence-corrected chi connectivity index (χ1v) is 19.2. The fourth-order valence-electron chi connectivity index (χ4n) is 7.38. The molecule has 5 amide bonds. The Labute approximate surface area is 337 Å². The number of benzene rings is 3. The van der Waals surface area contributed by atoms with Gasteiger partial charge in [0.25, 0.3) is 11.8 Å². The number of nitrogens with zero attached hydrogens (tertiary/aromatic N) is 4. The largest absolute Gasteiger partial charge is 0.496 e. The lowest BCUT2D eigenvalue weighted by atomic mass is 10.0. The van der Waals surface area contributed by atoms with Gasteiger partial charge in [0.15, 0.2) is 5.78 Å². The first kappa shape index (κ1) is 40.0. The number of fused-ring (bicyclic) bond motifs is 2. The molecule has 1 atom stereocenters. The number of ketones is 1. The van der Waals surface area contributed by atoms with Crippen LogP contribution in [0.15, 0.2) is 67.0 Å². The Kier molecular flexibility index (Phi) is 12.0. The Bertz CT molecular complexity index is 2350. The Morgan fingerprint density at radius 3 is 2.60 bits per heavy atom. The number of hydrogen-bond acceptors (Lipinski definition) is 12. The van der Waals surface area contributed by atoms with Gasteiger partial charge in [-0.2, -0.15) is 0 Å². The van der Waals surface area contributed by atoms with Gasteiger partial charge in [-0.25, -0.2) is 14.4 Å². The second-order valence-electron chi connectivity index (χ2n) is 14.2. The quantitative estimate of drug-likeness (QED) is 0.104. The molecular weight excluding hydrogens is 771 g/mol. The van der Waals surface area contributed by atoms with E-state index in [1.807, 2.05) is 6.08 Å². The molecule has 4 heterocycles. The summed E-state index contributed by atoms with van der Waals surface area (Å²) < 4.78 is 19.3. The molecule has 2 fully saturated rings. The number of allylic oxidation sites excluding steroid dienone is 1. The predicted molar refractivity (Wildman–Crippen MR) is 212 cm³/mol. The van der Waals surface area contributed by atoms with E-state index < -0.39 is 35.5 Å². The number of nitrogens with one attached hydrogen (secondary N) is 4. The molecule has 0 spiro atoms. The zero-order valence-electron chi connectivity index (χ0n) is 31.5. The molecule has 0 saturated carbocycles. The van der Waals surface area contributed by atoms with E-state index in [1.165, 1.54) is 31.6 Å². The van der Waals surface area contributed by atoms with Crippen molar-refractivity contribution in [1.29, 1.82) is 0 Å². The van der Waals surface area contributed by atoms with Crippen LogP contribution < -0.4 is 26.0 Å². The maximum absolute atomic E-state index is 13.7. The molecular formula is C41H40ClFN8O7. The molecule has 1 aromatic heterocycles. The summed E-state index contributed by atoms with van der Waals surface area (Å²) in [4.78, 5) is 88.1. The highest BCUT2D eigenvalue weighted by atomic mass is 35.5. The summed E-state index contributed by atoms with van der Waals surface area (Å²) in [6, 6.07) is 11.5. The van der Waals surface area contributed by atoms with Crippen LogP contribution >= 0.6 is 11.6 Å². The molecule has 0 aliphatic carbocycles. The molecule has 3 aromatic carbocycles. The van der Waals surface area contributed by atoms with Crippen LogP contribution in [-0.2, 0) is 25.6 Å². The SMILES string of the molecule is COc1cc2ncnc(Nc3ccc(F)c(Cl)c3)c2cc1CC(=O)/C=C/CN1CCC(NC(=O)CCNc2cccc3c2C(=O)N(C2CCC(=O)NC2=O)C3=O)CC1. The molecule has 15 nitrogen and oxygen atoms in total. The van der Waals surface area contributed by atoms with E-state index in [0.717, 1.165) is 30.8 Å². The van der Waals surface area contributed by atoms with Gasteiger partial charge in [-0.05, 0) is 61.7 Å². The predicted octanol–water partition coefficient (Wildman–Crippen LogP) is 4.33. The summed E-state index contributed by atoms with van der Waals surface area (Å²) >= 11 is 5.95. The molecule has 2 saturated heterocycles. The summed E-state index contributed by atoms with van der Waals surface area (Å²) in [5, 5.41) is 12.1. The van der Waals surface area contributed by atoms with Crippen molar-refractivity contribution in [2.24, 2.45) is 0 Å². The van der Waals surface area contributed by atoms with Crippen LogP contribution in [0.3, 0.4) is 0 Å². The maximum Gasteiger partial charge on any atom is 0.264 e. The highest BCUT2D eigenvalue weighted by molar-refractivity contribution is 6.31. The van der Waals surface area contributed by atoms with Crippen molar-refractivity contribution in [3.8, 4) is 5.75 Å². The van der Waals surface area contributed by atoms with Gasteiger partial charge in [-0.15, -0.1) is 0 Å². The highest BCUT2D eigenvalue weighted by Gasteiger charge is 2.45.